The number of hydrogen-bond acceptors (Lipinski definition) is 5. The molecule has 0 aliphatic carbocycles. The summed E-state index contributed by atoms with van der Waals surface area (Å²) in [7, 11) is 0. The molecule has 1 N–H and O–H groups in total. The summed E-state index contributed by atoms with van der Waals surface area (Å²) in [6.07, 6.45) is 0. The Kier molecular flexibility index (Phi) is 3.20. The predicted octanol–water partition coefficient (Wildman–Crippen LogP) is 1.52. The highest BCUT2D eigenvalue weighted by Crippen LogP contribution is 2.34. The number of thioether (sulfide) groups is 1. The van der Waals surface area contributed by atoms with E-state index >= 15 is 0 Å². The number of ether oxygens (including phenoxy) is 2. The topological polar surface area (TPSA) is 67.9 Å². The molecule has 1 fully saturated rings. The molecular weight excluding hydrogens is 268 g/mol. The van der Waals surface area contributed by atoms with E-state index in [1.165, 1.54) is 16.7 Å². The smallest absolute Gasteiger partial charge is 0.282 e. The van der Waals surface area contributed by atoms with E-state index in [0.717, 1.165) is 5.75 Å². The van der Waals surface area contributed by atoms with E-state index in [-0.39, 0.29) is 24.5 Å². The van der Waals surface area contributed by atoms with E-state index in [4.69, 9.17) is 9.47 Å². The van der Waals surface area contributed by atoms with Crippen LogP contribution < -0.4 is 14.8 Å². The van der Waals surface area contributed by atoms with Gasteiger partial charge in [0.2, 0.25) is 12.7 Å². The molecule has 3 rings (SSSR count). The minimum absolute atomic E-state index is 0.0409. The number of anilines is 1. The Hall–Kier alpha value is -1.89. The predicted molar refractivity (Wildman–Crippen MR) is 70.6 cm³/mol. The molecule has 0 atom stereocenters. The van der Waals surface area contributed by atoms with Gasteiger partial charge in [0.1, 0.15) is 6.54 Å². The highest BCUT2D eigenvalue weighted by atomic mass is 32.2. The lowest BCUT2D eigenvalue weighted by atomic mass is 10.2. The Morgan fingerprint density at radius 1 is 1.37 bits per heavy atom. The molecule has 1 aromatic rings. The minimum atomic E-state index is -0.213. The van der Waals surface area contributed by atoms with Crippen molar-refractivity contribution in [2.45, 2.75) is 0 Å². The van der Waals surface area contributed by atoms with Crippen molar-refractivity contribution >= 4 is 28.6 Å². The second kappa shape index (κ2) is 5.00. The summed E-state index contributed by atoms with van der Waals surface area (Å²) < 4.78 is 10.4. The molecule has 0 radical (unpaired) electrons. The number of amides is 2. The molecule has 2 aliphatic heterocycles. The van der Waals surface area contributed by atoms with Crippen LogP contribution in [0.25, 0.3) is 0 Å². The number of carbonyl (C=O) groups is 2. The van der Waals surface area contributed by atoms with E-state index < -0.39 is 0 Å². The average Bonchev–Trinajstić information content (AvgIpc) is 2.98. The maximum atomic E-state index is 11.8. The molecular formula is C12H12N2O4S. The SMILES string of the molecule is O=C(CN1CCSC1=O)Nc1ccc2c(c1)OCO2. The van der Waals surface area contributed by atoms with Crippen LogP contribution >= 0.6 is 11.8 Å². The van der Waals surface area contributed by atoms with Crippen molar-refractivity contribution in [1.29, 1.82) is 0 Å². The maximum Gasteiger partial charge on any atom is 0.282 e. The average molecular weight is 280 g/mol. The summed E-state index contributed by atoms with van der Waals surface area (Å²) in [6, 6.07) is 5.20. The fraction of sp³-hybridized carbons (Fsp3) is 0.333. The van der Waals surface area contributed by atoms with E-state index in [1.807, 2.05) is 0 Å². The highest BCUT2D eigenvalue weighted by Gasteiger charge is 2.23. The molecule has 1 aromatic carbocycles. The molecule has 0 saturated carbocycles. The zero-order valence-corrected chi connectivity index (χ0v) is 10.9. The van der Waals surface area contributed by atoms with E-state index in [1.54, 1.807) is 18.2 Å². The van der Waals surface area contributed by atoms with Crippen LogP contribution in [0, 0.1) is 0 Å². The standard InChI is InChI=1S/C12H12N2O4S/c15-11(6-14-3-4-19-12(14)16)13-8-1-2-9-10(5-8)18-7-17-9/h1-2,5H,3-4,6-7H2,(H,13,15). The lowest BCUT2D eigenvalue weighted by Crippen LogP contribution is -2.33. The molecule has 2 amide bonds. The first-order chi connectivity index (χ1) is 9.22. The number of rotatable bonds is 3. The Bertz CT molecular complexity index is 534. The molecule has 0 spiro atoms. The molecule has 0 aromatic heterocycles. The summed E-state index contributed by atoms with van der Waals surface area (Å²) in [6.45, 7) is 0.907. The summed E-state index contributed by atoms with van der Waals surface area (Å²) in [4.78, 5) is 24.8. The number of benzene rings is 1. The van der Waals surface area contributed by atoms with Crippen LogP contribution in [-0.4, -0.2) is 41.7 Å². The summed E-state index contributed by atoms with van der Waals surface area (Å²) in [5.74, 6) is 1.82. The van der Waals surface area contributed by atoms with Crippen LogP contribution in [-0.2, 0) is 4.79 Å². The van der Waals surface area contributed by atoms with Crippen molar-refractivity contribution in [2.75, 3.05) is 31.0 Å². The first-order valence-electron chi connectivity index (χ1n) is 5.83. The van der Waals surface area contributed by atoms with Crippen molar-refractivity contribution in [3.63, 3.8) is 0 Å². The maximum absolute atomic E-state index is 11.8. The van der Waals surface area contributed by atoms with Crippen molar-refractivity contribution < 1.29 is 19.1 Å². The van der Waals surface area contributed by atoms with E-state index in [2.05, 4.69) is 5.32 Å². The summed E-state index contributed by atoms with van der Waals surface area (Å²) in [5.41, 5.74) is 0.633. The summed E-state index contributed by atoms with van der Waals surface area (Å²) in [5, 5.41) is 2.70. The molecule has 7 heteroatoms. The quantitative estimate of drug-likeness (QED) is 0.909. The van der Waals surface area contributed by atoms with Crippen molar-refractivity contribution in [1.82, 2.24) is 4.90 Å². The molecule has 2 aliphatic rings. The lowest BCUT2D eigenvalue weighted by molar-refractivity contribution is -0.116. The second-order valence-corrected chi connectivity index (χ2v) is 5.20. The van der Waals surface area contributed by atoms with Gasteiger partial charge in [-0.15, -0.1) is 0 Å². The van der Waals surface area contributed by atoms with Crippen LogP contribution in [0.15, 0.2) is 18.2 Å². The van der Waals surface area contributed by atoms with Gasteiger partial charge in [0.15, 0.2) is 11.5 Å². The fourth-order valence-corrected chi connectivity index (χ4v) is 2.74. The van der Waals surface area contributed by atoms with Gasteiger partial charge in [0.05, 0.1) is 0 Å². The van der Waals surface area contributed by atoms with Crippen molar-refractivity contribution in [3.05, 3.63) is 18.2 Å². The van der Waals surface area contributed by atoms with Gasteiger partial charge in [-0.2, -0.15) is 0 Å². The lowest BCUT2D eigenvalue weighted by Gasteiger charge is -2.14. The molecule has 6 nitrogen and oxygen atoms in total. The second-order valence-electron chi connectivity index (χ2n) is 4.15. The van der Waals surface area contributed by atoms with E-state index in [0.29, 0.717) is 23.7 Å². The number of carbonyl (C=O) groups excluding carboxylic acids is 2. The third-order valence-corrected chi connectivity index (χ3v) is 3.73. The number of nitrogens with one attached hydrogen (secondary N) is 1. The largest absolute Gasteiger partial charge is 0.454 e. The monoisotopic (exact) mass is 280 g/mol. The third-order valence-electron chi connectivity index (χ3n) is 2.84. The zero-order valence-electron chi connectivity index (χ0n) is 10.0. The molecule has 0 unspecified atom stereocenters. The third kappa shape index (κ3) is 2.60. The number of nitrogens with zero attached hydrogens (tertiary/aromatic N) is 1. The number of hydrogen-bond donors (Lipinski definition) is 1. The van der Waals surface area contributed by atoms with Crippen LogP contribution in [0.2, 0.25) is 0 Å². The molecule has 100 valence electrons. The van der Waals surface area contributed by atoms with Gasteiger partial charge in [0.25, 0.3) is 5.24 Å². The molecule has 2 heterocycles. The fourth-order valence-electron chi connectivity index (χ4n) is 1.92. The van der Waals surface area contributed by atoms with Crippen LogP contribution in [0.4, 0.5) is 10.5 Å². The van der Waals surface area contributed by atoms with Crippen LogP contribution in [0.3, 0.4) is 0 Å². The van der Waals surface area contributed by atoms with Gasteiger partial charge in [0, 0.05) is 24.1 Å². The first-order valence-corrected chi connectivity index (χ1v) is 6.82. The van der Waals surface area contributed by atoms with Crippen LogP contribution in [0.5, 0.6) is 11.5 Å². The van der Waals surface area contributed by atoms with Crippen LogP contribution in [0.1, 0.15) is 0 Å². The zero-order chi connectivity index (χ0) is 13.2. The van der Waals surface area contributed by atoms with Gasteiger partial charge in [-0.1, -0.05) is 11.8 Å². The van der Waals surface area contributed by atoms with Gasteiger partial charge >= 0.3 is 0 Å². The van der Waals surface area contributed by atoms with Gasteiger partial charge < -0.3 is 19.7 Å². The van der Waals surface area contributed by atoms with E-state index in [9.17, 15) is 9.59 Å². The number of fused-ring (bicyclic) bond motifs is 1. The molecule has 1 saturated heterocycles. The Labute approximate surface area is 114 Å². The Balaban J connectivity index is 1.61. The van der Waals surface area contributed by atoms with Gasteiger partial charge in [-0.3, -0.25) is 9.59 Å². The normalized spacial score (nSPS) is 16.8. The first kappa shape index (κ1) is 12.2. The van der Waals surface area contributed by atoms with Gasteiger partial charge in [-0.05, 0) is 12.1 Å². The highest BCUT2D eigenvalue weighted by molar-refractivity contribution is 8.13. The van der Waals surface area contributed by atoms with Gasteiger partial charge in [-0.25, -0.2) is 0 Å². The molecule has 19 heavy (non-hydrogen) atoms. The van der Waals surface area contributed by atoms with Crippen molar-refractivity contribution in [2.24, 2.45) is 0 Å². The Morgan fingerprint density at radius 2 is 2.21 bits per heavy atom. The Morgan fingerprint density at radius 3 is 3.00 bits per heavy atom. The summed E-state index contributed by atoms with van der Waals surface area (Å²) >= 11 is 1.24. The molecule has 0 bridgehead atoms. The van der Waals surface area contributed by atoms with Crippen molar-refractivity contribution in [3.8, 4) is 11.5 Å². The minimum Gasteiger partial charge on any atom is -0.454 e.